The van der Waals surface area contributed by atoms with Crippen LogP contribution in [0.4, 0.5) is 0 Å². The molecule has 5 nitrogen and oxygen atoms in total. The number of aryl methyl sites for hydroxylation is 1. The molecule has 0 bridgehead atoms. The summed E-state index contributed by atoms with van der Waals surface area (Å²) >= 11 is 0. The third-order valence-corrected chi connectivity index (χ3v) is 3.39. The molecule has 1 atom stereocenters. The highest BCUT2D eigenvalue weighted by Gasteiger charge is 2.16. The van der Waals surface area contributed by atoms with E-state index in [-0.39, 0.29) is 11.5 Å². The Kier molecular flexibility index (Phi) is 4.74. The Balaban J connectivity index is 1.99. The molecule has 20 heavy (non-hydrogen) atoms. The molecule has 5 heteroatoms. The molecule has 0 aliphatic carbocycles. The molecule has 1 amide bonds. The van der Waals surface area contributed by atoms with Crippen LogP contribution in [0.2, 0.25) is 0 Å². The van der Waals surface area contributed by atoms with Crippen molar-refractivity contribution >= 4 is 11.9 Å². The fourth-order valence-electron chi connectivity index (χ4n) is 2.35. The Morgan fingerprint density at radius 2 is 2.10 bits per heavy atom. The number of ether oxygens (including phenoxy) is 1. The maximum Gasteiger partial charge on any atom is 0.335 e. The van der Waals surface area contributed by atoms with Crippen LogP contribution in [0.1, 0.15) is 39.1 Å². The Morgan fingerprint density at radius 3 is 2.75 bits per heavy atom. The molecule has 108 valence electrons. The van der Waals surface area contributed by atoms with Gasteiger partial charge in [-0.15, -0.1) is 0 Å². The van der Waals surface area contributed by atoms with Crippen LogP contribution in [0.15, 0.2) is 18.2 Å². The van der Waals surface area contributed by atoms with E-state index < -0.39 is 5.97 Å². The number of aromatic carboxylic acids is 1. The van der Waals surface area contributed by atoms with Crippen LogP contribution >= 0.6 is 0 Å². The lowest BCUT2D eigenvalue weighted by atomic mass is 10.0. The van der Waals surface area contributed by atoms with Crippen molar-refractivity contribution in [3.63, 3.8) is 0 Å². The van der Waals surface area contributed by atoms with Gasteiger partial charge in [0.05, 0.1) is 12.2 Å². The van der Waals surface area contributed by atoms with Gasteiger partial charge in [-0.2, -0.15) is 0 Å². The summed E-state index contributed by atoms with van der Waals surface area (Å²) in [6.45, 7) is 3.81. The van der Waals surface area contributed by atoms with Gasteiger partial charge < -0.3 is 15.2 Å². The van der Waals surface area contributed by atoms with Crippen molar-refractivity contribution in [2.45, 2.75) is 19.8 Å². The SMILES string of the molecule is Cc1cc(C(=O)O)cc(C(=O)NCC2CCCOC2)c1. The van der Waals surface area contributed by atoms with E-state index in [1.807, 2.05) is 0 Å². The number of carboxylic acids is 1. The first-order chi connectivity index (χ1) is 9.56. The molecule has 0 aromatic heterocycles. The zero-order valence-electron chi connectivity index (χ0n) is 11.5. The van der Waals surface area contributed by atoms with E-state index in [1.165, 1.54) is 6.07 Å². The molecule has 1 aliphatic rings. The normalized spacial score (nSPS) is 18.6. The third kappa shape index (κ3) is 3.81. The summed E-state index contributed by atoms with van der Waals surface area (Å²) in [5.74, 6) is -0.915. The van der Waals surface area contributed by atoms with Gasteiger partial charge in [0.25, 0.3) is 5.91 Å². The number of hydrogen-bond acceptors (Lipinski definition) is 3. The van der Waals surface area contributed by atoms with Crippen LogP contribution in [-0.4, -0.2) is 36.7 Å². The molecule has 1 aromatic carbocycles. The van der Waals surface area contributed by atoms with Crippen molar-refractivity contribution in [1.82, 2.24) is 5.32 Å². The second-order valence-corrected chi connectivity index (χ2v) is 5.19. The second-order valence-electron chi connectivity index (χ2n) is 5.19. The highest BCUT2D eigenvalue weighted by atomic mass is 16.5. The van der Waals surface area contributed by atoms with Crippen LogP contribution in [0.3, 0.4) is 0 Å². The summed E-state index contributed by atoms with van der Waals surface area (Å²) in [6.07, 6.45) is 2.07. The molecule has 2 rings (SSSR count). The molecule has 1 saturated heterocycles. The van der Waals surface area contributed by atoms with Crippen LogP contribution in [0, 0.1) is 12.8 Å². The summed E-state index contributed by atoms with van der Waals surface area (Å²) in [5.41, 5.74) is 1.28. The summed E-state index contributed by atoms with van der Waals surface area (Å²) < 4.78 is 5.36. The molecule has 0 saturated carbocycles. The average Bonchev–Trinajstić information content (AvgIpc) is 2.45. The van der Waals surface area contributed by atoms with Crippen LogP contribution in [0.25, 0.3) is 0 Å². The van der Waals surface area contributed by atoms with Crippen molar-refractivity contribution < 1.29 is 19.4 Å². The van der Waals surface area contributed by atoms with E-state index in [0.717, 1.165) is 25.0 Å². The Bertz CT molecular complexity index is 507. The monoisotopic (exact) mass is 277 g/mol. The zero-order chi connectivity index (χ0) is 14.5. The molecule has 2 N–H and O–H groups in total. The van der Waals surface area contributed by atoms with Gasteiger partial charge >= 0.3 is 5.97 Å². The Hall–Kier alpha value is -1.88. The summed E-state index contributed by atoms with van der Waals surface area (Å²) in [4.78, 5) is 23.1. The van der Waals surface area contributed by atoms with Gasteiger partial charge in [-0.05, 0) is 49.4 Å². The van der Waals surface area contributed by atoms with Crippen molar-refractivity contribution in [2.75, 3.05) is 19.8 Å². The summed E-state index contributed by atoms with van der Waals surface area (Å²) in [7, 11) is 0. The first-order valence-electron chi connectivity index (χ1n) is 6.77. The smallest absolute Gasteiger partial charge is 0.335 e. The van der Waals surface area contributed by atoms with E-state index in [4.69, 9.17) is 9.84 Å². The lowest BCUT2D eigenvalue weighted by Crippen LogP contribution is -2.33. The van der Waals surface area contributed by atoms with Crippen molar-refractivity contribution in [3.05, 3.63) is 34.9 Å². The molecule has 1 aliphatic heterocycles. The topological polar surface area (TPSA) is 75.6 Å². The Labute approximate surface area is 117 Å². The number of amides is 1. The molecular formula is C15H19NO4. The molecule has 1 aromatic rings. The lowest BCUT2D eigenvalue weighted by molar-refractivity contribution is 0.0536. The lowest BCUT2D eigenvalue weighted by Gasteiger charge is -2.22. The number of carboxylic acid groups (broad SMARTS) is 1. The van der Waals surface area contributed by atoms with Gasteiger partial charge in [-0.25, -0.2) is 4.79 Å². The molecule has 0 spiro atoms. The highest BCUT2D eigenvalue weighted by molar-refractivity contribution is 5.97. The Morgan fingerprint density at radius 1 is 1.35 bits per heavy atom. The largest absolute Gasteiger partial charge is 0.478 e. The maximum absolute atomic E-state index is 12.1. The fraction of sp³-hybridized carbons (Fsp3) is 0.467. The first kappa shape index (κ1) is 14.5. The first-order valence-corrected chi connectivity index (χ1v) is 6.77. The van der Waals surface area contributed by atoms with Gasteiger partial charge in [-0.3, -0.25) is 4.79 Å². The second kappa shape index (κ2) is 6.52. The fourth-order valence-corrected chi connectivity index (χ4v) is 2.35. The van der Waals surface area contributed by atoms with Gasteiger partial charge in [0.15, 0.2) is 0 Å². The van der Waals surface area contributed by atoms with Crippen LogP contribution in [0.5, 0.6) is 0 Å². The number of carbonyl (C=O) groups excluding carboxylic acids is 1. The molecule has 1 unspecified atom stereocenters. The summed E-state index contributed by atoms with van der Waals surface area (Å²) in [5, 5.41) is 11.9. The molecule has 1 fully saturated rings. The van der Waals surface area contributed by atoms with E-state index in [1.54, 1.807) is 19.1 Å². The van der Waals surface area contributed by atoms with E-state index in [2.05, 4.69) is 5.32 Å². The minimum atomic E-state index is -1.02. The quantitative estimate of drug-likeness (QED) is 0.880. The highest BCUT2D eigenvalue weighted by Crippen LogP contribution is 2.13. The van der Waals surface area contributed by atoms with Gasteiger partial charge in [0, 0.05) is 18.7 Å². The molecule has 1 heterocycles. The maximum atomic E-state index is 12.1. The van der Waals surface area contributed by atoms with Crippen LogP contribution < -0.4 is 5.32 Å². The zero-order valence-corrected chi connectivity index (χ0v) is 11.5. The summed E-state index contributed by atoms with van der Waals surface area (Å²) in [6, 6.07) is 4.65. The number of carbonyl (C=O) groups is 2. The predicted molar refractivity (Wildman–Crippen MR) is 74.0 cm³/mol. The minimum absolute atomic E-state index is 0.135. The standard InChI is InChI=1S/C15H19NO4/c1-10-5-12(7-13(6-10)15(18)19)14(17)16-8-11-3-2-4-20-9-11/h5-7,11H,2-4,8-9H2,1H3,(H,16,17)(H,18,19). The number of rotatable bonds is 4. The van der Waals surface area contributed by atoms with E-state index in [9.17, 15) is 9.59 Å². The molecule has 0 radical (unpaired) electrons. The third-order valence-electron chi connectivity index (χ3n) is 3.39. The van der Waals surface area contributed by atoms with Crippen molar-refractivity contribution in [2.24, 2.45) is 5.92 Å². The minimum Gasteiger partial charge on any atom is -0.478 e. The average molecular weight is 277 g/mol. The van der Waals surface area contributed by atoms with Gasteiger partial charge in [0.1, 0.15) is 0 Å². The van der Waals surface area contributed by atoms with Gasteiger partial charge in [0.2, 0.25) is 0 Å². The van der Waals surface area contributed by atoms with Crippen molar-refractivity contribution in [1.29, 1.82) is 0 Å². The number of hydrogen-bond donors (Lipinski definition) is 2. The van der Waals surface area contributed by atoms with Crippen LogP contribution in [-0.2, 0) is 4.74 Å². The van der Waals surface area contributed by atoms with E-state index >= 15 is 0 Å². The number of nitrogens with one attached hydrogen (secondary N) is 1. The number of benzene rings is 1. The van der Waals surface area contributed by atoms with Crippen molar-refractivity contribution in [3.8, 4) is 0 Å². The molecular weight excluding hydrogens is 258 g/mol. The van der Waals surface area contributed by atoms with Gasteiger partial charge in [-0.1, -0.05) is 0 Å². The predicted octanol–water partition coefficient (Wildman–Crippen LogP) is 1.85. The van der Waals surface area contributed by atoms with E-state index in [0.29, 0.717) is 24.6 Å².